The van der Waals surface area contributed by atoms with Gasteiger partial charge in [-0.05, 0) is 25.2 Å². The highest BCUT2D eigenvalue weighted by molar-refractivity contribution is 7.49. The Hall–Kier alpha value is 0.300. The highest BCUT2D eigenvalue weighted by Gasteiger charge is 1.95. The normalized spacial score (nSPS) is 13.1. The van der Waals surface area contributed by atoms with Crippen LogP contribution in [0.4, 0.5) is 0 Å². The summed E-state index contributed by atoms with van der Waals surface area (Å²) >= 11 is 0. The van der Waals surface area contributed by atoms with Gasteiger partial charge in [-0.15, -0.1) is 0 Å². The predicted molar refractivity (Wildman–Crippen MR) is 43.4 cm³/mol. The molecule has 86 valence electrons. The van der Waals surface area contributed by atoms with Gasteiger partial charge in [-0.25, -0.2) is 0 Å². The molecule has 0 aromatic rings. The molecular weight excluding hydrogens is 230 g/mol. The first-order chi connectivity index (χ1) is 6.21. The Labute approximate surface area is 82.7 Å². The Bertz CT molecular complexity index is 215. The van der Waals surface area contributed by atoms with Crippen molar-refractivity contribution in [3.05, 3.63) is 0 Å². The molecule has 0 saturated heterocycles. The zero-order chi connectivity index (χ0) is 11.2. The lowest BCUT2D eigenvalue weighted by Gasteiger charge is -2.30. The number of hydrogen-bond acceptors (Lipinski definition) is 6. The van der Waals surface area contributed by atoms with E-state index in [1.165, 1.54) is 0 Å². The van der Waals surface area contributed by atoms with E-state index in [2.05, 4.69) is 0 Å². The molecule has 0 aliphatic rings. The maximum Gasteiger partial charge on any atom is -0.0250 e. The molecule has 0 N–H and O–H groups in total. The number of unbranched alkanes of at least 4 members (excludes halogenated alkanes) is 3. The van der Waals surface area contributed by atoms with Gasteiger partial charge in [0.1, 0.15) is 0 Å². The van der Waals surface area contributed by atoms with Crippen LogP contribution < -0.4 is 19.6 Å². The molecule has 0 aliphatic heterocycles. The van der Waals surface area contributed by atoms with Gasteiger partial charge in [-0.3, -0.25) is 0 Å². The van der Waals surface area contributed by atoms with E-state index in [4.69, 9.17) is 0 Å². The summed E-state index contributed by atoms with van der Waals surface area (Å²) < 4.78 is 20.3. The third-order valence-electron chi connectivity index (χ3n) is 1.61. The topological polar surface area (TPSA) is 126 Å². The van der Waals surface area contributed by atoms with Crippen molar-refractivity contribution >= 4 is 15.2 Å². The summed E-state index contributed by atoms with van der Waals surface area (Å²) in [5.41, 5.74) is 0. The SMILES string of the molecule is O=P([O-])([O-])CCCCCCP(=O)([O-])[O-]. The number of rotatable bonds is 7. The van der Waals surface area contributed by atoms with Crippen molar-refractivity contribution in [1.29, 1.82) is 0 Å². The highest BCUT2D eigenvalue weighted by atomic mass is 31.2. The average Bonchev–Trinajstić information content (AvgIpc) is 1.92. The van der Waals surface area contributed by atoms with Crippen molar-refractivity contribution in [3.63, 3.8) is 0 Å². The zero-order valence-corrected chi connectivity index (χ0v) is 9.38. The van der Waals surface area contributed by atoms with E-state index in [9.17, 15) is 28.7 Å². The van der Waals surface area contributed by atoms with Crippen molar-refractivity contribution in [2.24, 2.45) is 0 Å². The van der Waals surface area contributed by atoms with Crippen molar-refractivity contribution in [3.8, 4) is 0 Å². The summed E-state index contributed by atoms with van der Waals surface area (Å²) in [5.74, 6) is 0. The molecule has 0 saturated carbocycles. The van der Waals surface area contributed by atoms with Crippen molar-refractivity contribution in [2.75, 3.05) is 12.3 Å². The molecule has 0 aromatic carbocycles. The number of hydrogen-bond donors (Lipinski definition) is 0. The largest absolute Gasteiger partial charge is 0.811 e. The molecule has 0 radical (unpaired) electrons. The first kappa shape index (κ1) is 14.3. The minimum atomic E-state index is -4.43. The fourth-order valence-electron chi connectivity index (χ4n) is 0.964. The van der Waals surface area contributed by atoms with E-state index in [1.54, 1.807) is 0 Å². The van der Waals surface area contributed by atoms with Gasteiger partial charge in [0, 0.05) is 0 Å². The van der Waals surface area contributed by atoms with Gasteiger partial charge < -0.3 is 28.7 Å². The van der Waals surface area contributed by atoms with Crippen LogP contribution in [0, 0.1) is 0 Å². The monoisotopic (exact) mass is 242 g/mol. The van der Waals surface area contributed by atoms with Crippen molar-refractivity contribution in [2.45, 2.75) is 25.7 Å². The van der Waals surface area contributed by atoms with Crippen molar-refractivity contribution in [1.82, 2.24) is 0 Å². The summed E-state index contributed by atoms with van der Waals surface area (Å²) in [7, 11) is -8.85. The highest BCUT2D eigenvalue weighted by Crippen LogP contribution is 2.27. The minimum absolute atomic E-state index is 0.228. The molecule has 0 aromatic heterocycles. The lowest BCUT2D eigenvalue weighted by Crippen LogP contribution is -2.17. The Morgan fingerprint density at radius 1 is 0.643 bits per heavy atom. The molecule has 0 amide bonds. The van der Waals surface area contributed by atoms with Crippen LogP contribution >= 0.6 is 15.2 Å². The maximum atomic E-state index is 10.2. The quantitative estimate of drug-likeness (QED) is 0.389. The Morgan fingerprint density at radius 3 is 1.14 bits per heavy atom. The van der Waals surface area contributed by atoms with E-state index in [1.807, 2.05) is 0 Å². The van der Waals surface area contributed by atoms with E-state index >= 15 is 0 Å². The maximum absolute atomic E-state index is 10.2. The van der Waals surface area contributed by atoms with E-state index in [0.29, 0.717) is 12.8 Å². The van der Waals surface area contributed by atoms with Gasteiger partial charge in [0.2, 0.25) is 0 Å². The van der Waals surface area contributed by atoms with Crippen LogP contribution in [0.1, 0.15) is 25.7 Å². The summed E-state index contributed by atoms with van der Waals surface area (Å²) in [4.78, 5) is 40.6. The van der Waals surface area contributed by atoms with Gasteiger partial charge in [0.15, 0.2) is 0 Å². The molecule has 0 rings (SSSR count). The summed E-state index contributed by atoms with van der Waals surface area (Å²) in [6.45, 7) is 0. The molecule has 14 heavy (non-hydrogen) atoms. The first-order valence-corrected chi connectivity index (χ1v) is 7.68. The Balaban J connectivity index is 3.32. The Kier molecular flexibility index (Phi) is 6.14. The minimum Gasteiger partial charge on any atom is -0.811 e. The van der Waals surface area contributed by atoms with E-state index in [0.717, 1.165) is 0 Å². The van der Waals surface area contributed by atoms with Gasteiger partial charge in [-0.2, -0.15) is 0 Å². The molecule has 8 heteroatoms. The third-order valence-corrected chi connectivity index (χ3v) is 3.34. The summed E-state index contributed by atoms with van der Waals surface area (Å²) in [5, 5.41) is 0. The molecule has 6 nitrogen and oxygen atoms in total. The second kappa shape index (κ2) is 6.01. The average molecular weight is 242 g/mol. The van der Waals surface area contributed by atoms with Gasteiger partial charge in [0.05, 0.1) is 0 Å². The van der Waals surface area contributed by atoms with Crippen LogP contribution in [-0.2, 0) is 9.13 Å². The molecule has 0 aliphatic carbocycles. The zero-order valence-electron chi connectivity index (χ0n) is 7.59. The van der Waals surface area contributed by atoms with Crippen LogP contribution in [0.15, 0.2) is 0 Å². The lowest BCUT2D eigenvalue weighted by molar-refractivity contribution is -0.315. The summed E-state index contributed by atoms with van der Waals surface area (Å²) in [6, 6.07) is 0. The molecule has 0 heterocycles. The first-order valence-electron chi connectivity index (χ1n) is 4.23. The van der Waals surface area contributed by atoms with Crippen LogP contribution in [-0.4, -0.2) is 12.3 Å². The van der Waals surface area contributed by atoms with E-state index < -0.39 is 27.5 Å². The standard InChI is InChI=1S/C6H16O6P2/c7-13(8,9)5-3-1-2-4-6-14(10,11)12/h1-6H2,(H2,7,8,9)(H2,10,11,12)/p-4. The molecule has 0 spiro atoms. The fourth-order valence-corrected chi connectivity index (χ4v) is 2.19. The molecule has 0 fully saturated rings. The van der Waals surface area contributed by atoms with Gasteiger partial charge in [0.25, 0.3) is 0 Å². The van der Waals surface area contributed by atoms with Gasteiger partial charge >= 0.3 is 0 Å². The predicted octanol–water partition coefficient (Wildman–Crippen LogP) is -1.63. The van der Waals surface area contributed by atoms with Gasteiger partial charge in [-0.1, -0.05) is 28.0 Å². The lowest BCUT2D eigenvalue weighted by atomic mass is 10.2. The molecular formula is C6H12O6P2-4. The van der Waals surface area contributed by atoms with Crippen molar-refractivity contribution < 1.29 is 28.7 Å². The molecule has 0 unspecified atom stereocenters. The second-order valence-corrected chi connectivity index (χ2v) is 6.42. The third kappa shape index (κ3) is 12.3. The van der Waals surface area contributed by atoms with Crippen LogP contribution in [0.3, 0.4) is 0 Å². The smallest absolute Gasteiger partial charge is 0.0250 e. The van der Waals surface area contributed by atoms with Crippen LogP contribution in [0.25, 0.3) is 0 Å². The summed E-state index contributed by atoms with van der Waals surface area (Å²) in [6.07, 6.45) is 0.556. The van der Waals surface area contributed by atoms with Crippen LogP contribution in [0.2, 0.25) is 0 Å². The molecule has 0 atom stereocenters. The van der Waals surface area contributed by atoms with Crippen LogP contribution in [0.5, 0.6) is 0 Å². The Morgan fingerprint density at radius 2 is 0.929 bits per heavy atom. The second-order valence-electron chi connectivity index (χ2n) is 3.08. The fraction of sp³-hybridized carbons (Fsp3) is 1.00. The molecule has 0 bridgehead atoms. The van der Waals surface area contributed by atoms with E-state index in [-0.39, 0.29) is 12.8 Å².